The summed E-state index contributed by atoms with van der Waals surface area (Å²) >= 11 is 8.14. The Morgan fingerprint density at radius 1 is 1.18 bits per heavy atom. The molecule has 0 N–H and O–H groups in total. The van der Waals surface area contributed by atoms with E-state index in [0.29, 0.717) is 49.1 Å². The SMILES string of the molecule is CCOC(=O)[C@@H]1CCCN(C(=O)CC2=CSC3=NC(C)=C(C(=O)N(CC)CC)[C@@H](c4ccccc4Cl)N23)C1. The molecular formula is C28H35ClN4O4S. The number of rotatable bonds is 8. The maximum Gasteiger partial charge on any atom is 0.310 e. The van der Waals surface area contributed by atoms with Crippen LogP contribution >= 0.6 is 23.4 Å². The standard InChI is InChI=1S/C28H35ClN4O4S/c1-5-31(6-2)26(35)24-18(4)30-28-33(25(24)21-12-8-9-13-22(21)29)20(17-38-28)15-23(34)32-14-10-11-19(16-32)27(36)37-7-3/h8-9,12-13,17,19,25H,5-7,10-11,14-16H2,1-4H3/t19-,25-/m1/s1. The minimum atomic E-state index is -0.507. The first-order chi connectivity index (χ1) is 18.3. The lowest BCUT2D eigenvalue weighted by Gasteiger charge is -2.39. The van der Waals surface area contributed by atoms with E-state index >= 15 is 0 Å². The molecule has 0 aliphatic carbocycles. The molecule has 3 aliphatic heterocycles. The second-order valence-electron chi connectivity index (χ2n) is 9.50. The third kappa shape index (κ3) is 5.64. The molecule has 0 bridgehead atoms. The highest BCUT2D eigenvalue weighted by Gasteiger charge is 2.42. The number of allylic oxidation sites excluding steroid dienone is 1. The lowest BCUT2D eigenvalue weighted by molar-refractivity contribution is -0.151. The van der Waals surface area contributed by atoms with Gasteiger partial charge in [-0.2, -0.15) is 0 Å². The number of esters is 1. The Morgan fingerprint density at radius 3 is 2.61 bits per heavy atom. The number of thioether (sulfide) groups is 1. The minimum Gasteiger partial charge on any atom is -0.466 e. The van der Waals surface area contributed by atoms with Crippen molar-refractivity contribution in [2.45, 2.75) is 53.0 Å². The maximum absolute atomic E-state index is 13.8. The van der Waals surface area contributed by atoms with Gasteiger partial charge in [0.25, 0.3) is 5.91 Å². The number of nitrogens with zero attached hydrogens (tertiary/aromatic N) is 4. The van der Waals surface area contributed by atoms with Crippen LogP contribution in [0.15, 0.2) is 51.6 Å². The van der Waals surface area contributed by atoms with Crippen LogP contribution < -0.4 is 0 Å². The smallest absolute Gasteiger partial charge is 0.310 e. The summed E-state index contributed by atoms with van der Waals surface area (Å²) in [5.74, 6) is -0.694. The molecule has 3 heterocycles. The van der Waals surface area contributed by atoms with Gasteiger partial charge in [-0.15, -0.1) is 0 Å². The number of carbonyl (C=O) groups is 3. The van der Waals surface area contributed by atoms with E-state index in [2.05, 4.69) is 0 Å². The van der Waals surface area contributed by atoms with E-state index in [9.17, 15) is 14.4 Å². The normalized spacial score (nSPS) is 21.1. The molecule has 204 valence electrons. The number of likely N-dealkylation sites (N-methyl/N-ethyl adjacent to an activating group) is 1. The number of carbonyl (C=O) groups excluding carboxylic acids is 3. The van der Waals surface area contributed by atoms with E-state index < -0.39 is 6.04 Å². The van der Waals surface area contributed by atoms with Crippen LogP contribution in [0.25, 0.3) is 0 Å². The fourth-order valence-corrected chi connectivity index (χ4v) is 6.44. The molecule has 0 radical (unpaired) electrons. The molecule has 2 amide bonds. The second-order valence-corrected chi connectivity index (χ2v) is 10.7. The summed E-state index contributed by atoms with van der Waals surface area (Å²) in [4.78, 5) is 49.9. The summed E-state index contributed by atoms with van der Waals surface area (Å²) in [5, 5.41) is 3.20. The Kier molecular flexibility index (Phi) is 9.20. The number of benzene rings is 1. The second kappa shape index (κ2) is 12.4. The Hall–Kier alpha value is -2.78. The van der Waals surface area contributed by atoms with Gasteiger partial charge < -0.3 is 19.4 Å². The lowest BCUT2D eigenvalue weighted by atomic mass is 9.92. The zero-order valence-corrected chi connectivity index (χ0v) is 24.0. The van der Waals surface area contributed by atoms with Gasteiger partial charge in [-0.25, -0.2) is 4.99 Å². The highest BCUT2D eigenvalue weighted by molar-refractivity contribution is 8.16. The molecule has 0 unspecified atom stereocenters. The minimum absolute atomic E-state index is 0.0621. The van der Waals surface area contributed by atoms with E-state index in [1.807, 2.05) is 55.3 Å². The molecule has 4 rings (SSSR count). The maximum atomic E-state index is 13.8. The summed E-state index contributed by atoms with van der Waals surface area (Å²) < 4.78 is 5.20. The van der Waals surface area contributed by atoms with Gasteiger partial charge in [-0.3, -0.25) is 14.4 Å². The molecule has 0 saturated carbocycles. The van der Waals surface area contributed by atoms with Gasteiger partial charge >= 0.3 is 5.97 Å². The van der Waals surface area contributed by atoms with Crippen LogP contribution in [-0.2, 0) is 19.1 Å². The molecule has 1 aromatic rings. The predicted molar refractivity (Wildman–Crippen MR) is 150 cm³/mol. The average molecular weight is 559 g/mol. The molecule has 1 fully saturated rings. The van der Waals surface area contributed by atoms with Gasteiger partial charge in [0.2, 0.25) is 5.91 Å². The van der Waals surface area contributed by atoms with Crippen molar-refractivity contribution < 1.29 is 19.1 Å². The number of fused-ring (bicyclic) bond motifs is 1. The van der Waals surface area contributed by atoms with E-state index in [1.165, 1.54) is 11.8 Å². The van der Waals surface area contributed by atoms with Gasteiger partial charge in [0.1, 0.15) is 0 Å². The van der Waals surface area contributed by atoms with Crippen LogP contribution in [0, 0.1) is 5.92 Å². The van der Waals surface area contributed by atoms with E-state index in [1.54, 1.807) is 16.7 Å². The predicted octanol–water partition coefficient (Wildman–Crippen LogP) is 4.98. The van der Waals surface area contributed by atoms with E-state index in [-0.39, 0.29) is 30.1 Å². The number of ether oxygens (including phenoxy) is 1. The van der Waals surface area contributed by atoms with Crippen LogP contribution in [0.2, 0.25) is 5.02 Å². The van der Waals surface area contributed by atoms with Crippen LogP contribution in [0.1, 0.15) is 58.6 Å². The fraction of sp³-hybridized carbons (Fsp3) is 0.500. The highest BCUT2D eigenvalue weighted by Crippen LogP contribution is 2.46. The zero-order chi connectivity index (χ0) is 27.4. The van der Waals surface area contributed by atoms with Crippen LogP contribution in [0.3, 0.4) is 0 Å². The van der Waals surface area contributed by atoms with Crippen molar-refractivity contribution in [1.29, 1.82) is 0 Å². The van der Waals surface area contributed by atoms with Crippen LogP contribution in [0.4, 0.5) is 0 Å². The lowest BCUT2D eigenvalue weighted by Crippen LogP contribution is -2.44. The summed E-state index contributed by atoms with van der Waals surface area (Å²) in [6.07, 6.45) is 1.61. The molecule has 8 nitrogen and oxygen atoms in total. The molecule has 3 aliphatic rings. The number of likely N-dealkylation sites (tertiary alicyclic amines) is 1. The Morgan fingerprint density at radius 2 is 1.92 bits per heavy atom. The number of halogens is 1. The van der Waals surface area contributed by atoms with E-state index in [4.69, 9.17) is 21.3 Å². The van der Waals surface area contributed by atoms with Crippen molar-refractivity contribution in [1.82, 2.24) is 14.7 Å². The molecule has 1 saturated heterocycles. The third-order valence-corrected chi connectivity index (χ3v) is 8.44. The number of piperidine rings is 1. The molecule has 1 aromatic carbocycles. The first-order valence-electron chi connectivity index (χ1n) is 13.2. The van der Waals surface area contributed by atoms with Gasteiger partial charge in [-0.05, 0) is 57.6 Å². The molecule has 10 heteroatoms. The van der Waals surface area contributed by atoms with Crippen molar-refractivity contribution >= 4 is 46.3 Å². The Balaban J connectivity index is 1.64. The monoisotopic (exact) mass is 558 g/mol. The summed E-state index contributed by atoms with van der Waals surface area (Å²) in [7, 11) is 0. The number of amidine groups is 1. The van der Waals surface area contributed by atoms with Gasteiger partial charge in [0.15, 0.2) is 5.17 Å². The van der Waals surface area contributed by atoms with Gasteiger partial charge in [0, 0.05) is 36.9 Å². The number of amides is 2. The number of hydrogen-bond acceptors (Lipinski definition) is 7. The number of aliphatic imine (C=N–C) groups is 1. The highest BCUT2D eigenvalue weighted by atomic mass is 35.5. The topological polar surface area (TPSA) is 82.5 Å². The molecule has 0 spiro atoms. The zero-order valence-electron chi connectivity index (χ0n) is 22.4. The van der Waals surface area contributed by atoms with E-state index in [0.717, 1.165) is 29.3 Å². The Labute approximate surface area is 233 Å². The first kappa shape index (κ1) is 28.2. The third-order valence-electron chi connectivity index (χ3n) is 7.21. The fourth-order valence-electron chi connectivity index (χ4n) is 5.24. The van der Waals surface area contributed by atoms with Crippen molar-refractivity contribution in [3.05, 3.63) is 57.2 Å². The summed E-state index contributed by atoms with van der Waals surface area (Å²) in [6.45, 7) is 10.00. The van der Waals surface area contributed by atoms with Crippen molar-refractivity contribution in [3.63, 3.8) is 0 Å². The van der Waals surface area contributed by atoms with Gasteiger partial charge in [-0.1, -0.05) is 41.6 Å². The summed E-state index contributed by atoms with van der Waals surface area (Å²) in [5.41, 5.74) is 2.77. The summed E-state index contributed by atoms with van der Waals surface area (Å²) in [6, 6.07) is 7.00. The van der Waals surface area contributed by atoms with Crippen molar-refractivity contribution in [2.24, 2.45) is 10.9 Å². The van der Waals surface area contributed by atoms with Crippen molar-refractivity contribution in [2.75, 3.05) is 32.8 Å². The molecule has 38 heavy (non-hydrogen) atoms. The van der Waals surface area contributed by atoms with Gasteiger partial charge in [0.05, 0.1) is 36.3 Å². The largest absolute Gasteiger partial charge is 0.466 e. The quantitative estimate of drug-likeness (QED) is 0.419. The van der Waals surface area contributed by atoms with Crippen molar-refractivity contribution in [3.8, 4) is 0 Å². The van der Waals surface area contributed by atoms with Crippen LogP contribution in [0.5, 0.6) is 0 Å². The molecule has 0 aromatic heterocycles. The van der Waals surface area contributed by atoms with Crippen LogP contribution in [-0.4, -0.2) is 70.4 Å². The molecular weight excluding hydrogens is 524 g/mol. The molecule has 2 atom stereocenters. The first-order valence-corrected chi connectivity index (χ1v) is 14.5. The average Bonchev–Trinajstić information content (AvgIpc) is 3.30. The Bertz CT molecular complexity index is 1190. The number of hydrogen-bond donors (Lipinski definition) is 0.